The zero-order valence-corrected chi connectivity index (χ0v) is 4.89. The fourth-order valence-electron chi connectivity index (χ4n) is 0.359. The third-order valence-corrected chi connectivity index (χ3v) is 0.817. The molecule has 0 saturated heterocycles. The van der Waals surface area contributed by atoms with Gasteiger partial charge in [-0.2, -0.15) is 5.26 Å². The highest BCUT2D eigenvalue weighted by Gasteiger charge is 1.83. The van der Waals surface area contributed by atoms with Crippen molar-refractivity contribution in [3.05, 3.63) is 11.6 Å². The molecule has 0 atom stereocenters. The van der Waals surface area contributed by atoms with Crippen LogP contribution >= 0.6 is 0 Å². The Morgan fingerprint density at radius 2 is 2.50 bits per heavy atom. The Kier molecular flexibility index (Phi) is 3.91. The topological polar surface area (TPSA) is 44.0 Å². The van der Waals surface area contributed by atoms with Gasteiger partial charge in [0, 0.05) is 12.7 Å². The molecule has 0 aliphatic rings. The van der Waals surface area contributed by atoms with E-state index in [-0.39, 0.29) is 6.61 Å². The molecule has 1 N–H and O–H groups in total. The van der Waals surface area contributed by atoms with Gasteiger partial charge in [-0.25, -0.2) is 0 Å². The first-order valence-corrected chi connectivity index (χ1v) is 2.47. The summed E-state index contributed by atoms with van der Waals surface area (Å²) in [5, 5.41) is 16.4. The molecule has 0 aromatic carbocycles. The average molecular weight is 111 g/mol. The number of rotatable bonds is 2. The summed E-state index contributed by atoms with van der Waals surface area (Å²) in [6.45, 7) is 1.95. The Labute approximate surface area is 49.1 Å². The largest absolute Gasteiger partial charge is 0.396 e. The molecule has 0 aliphatic carbocycles. The van der Waals surface area contributed by atoms with E-state index in [4.69, 9.17) is 10.4 Å². The third-order valence-electron chi connectivity index (χ3n) is 0.817. The second kappa shape index (κ2) is 4.35. The lowest BCUT2D eigenvalue weighted by molar-refractivity contribution is 0.299. The first kappa shape index (κ1) is 7.19. The minimum absolute atomic E-state index is 0.129. The smallest absolute Gasteiger partial charge is 0.0911 e. The fraction of sp³-hybridized carbons (Fsp3) is 0.500. The molecule has 0 rings (SSSR count). The maximum Gasteiger partial charge on any atom is 0.0911 e. The molecule has 0 radical (unpaired) electrons. The van der Waals surface area contributed by atoms with Gasteiger partial charge in [0.1, 0.15) is 0 Å². The van der Waals surface area contributed by atoms with Crippen molar-refractivity contribution >= 4 is 0 Å². The van der Waals surface area contributed by atoms with Gasteiger partial charge in [-0.15, -0.1) is 0 Å². The van der Waals surface area contributed by atoms with E-state index in [2.05, 4.69) is 0 Å². The van der Waals surface area contributed by atoms with Gasteiger partial charge >= 0.3 is 0 Å². The molecule has 0 heterocycles. The van der Waals surface area contributed by atoms with Crippen molar-refractivity contribution in [2.45, 2.75) is 13.3 Å². The molecule has 0 bridgehead atoms. The molecule has 8 heavy (non-hydrogen) atoms. The van der Waals surface area contributed by atoms with E-state index in [0.29, 0.717) is 6.42 Å². The Hall–Kier alpha value is -0.810. The Balaban J connectivity index is 3.49. The molecule has 0 unspecified atom stereocenters. The minimum Gasteiger partial charge on any atom is -0.396 e. The second-order valence-electron chi connectivity index (χ2n) is 1.59. The van der Waals surface area contributed by atoms with E-state index in [1.807, 2.05) is 13.0 Å². The molecular weight excluding hydrogens is 102 g/mol. The number of hydrogen-bond acceptors (Lipinski definition) is 2. The maximum absolute atomic E-state index is 8.31. The highest BCUT2D eigenvalue weighted by Crippen LogP contribution is 1.95. The molecular formula is C6H9NO. The molecule has 0 spiro atoms. The summed E-state index contributed by atoms with van der Waals surface area (Å²) >= 11 is 0. The lowest BCUT2D eigenvalue weighted by atomic mass is 10.2. The molecule has 0 amide bonds. The van der Waals surface area contributed by atoms with Crippen LogP contribution in [0, 0.1) is 11.3 Å². The summed E-state index contributed by atoms with van der Waals surface area (Å²) in [6.07, 6.45) is 2.05. The normalized spacial score (nSPS) is 10.9. The minimum atomic E-state index is 0.129. The van der Waals surface area contributed by atoms with Gasteiger partial charge in [-0.1, -0.05) is 5.57 Å². The summed E-state index contributed by atoms with van der Waals surface area (Å²) in [6, 6.07) is 1.88. The first-order valence-electron chi connectivity index (χ1n) is 2.47. The second-order valence-corrected chi connectivity index (χ2v) is 1.59. The Morgan fingerprint density at radius 3 is 2.88 bits per heavy atom. The van der Waals surface area contributed by atoms with Crippen LogP contribution in [0.1, 0.15) is 13.3 Å². The number of aliphatic hydroxyl groups excluding tert-OH is 1. The van der Waals surface area contributed by atoms with E-state index in [1.165, 1.54) is 6.08 Å². The van der Waals surface area contributed by atoms with E-state index in [1.54, 1.807) is 0 Å². The number of allylic oxidation sites excluding steroid dienone is 1. The van der Waals surface area contributed by atoms with Crippen LogP contribution in [0.25, 0.3) is 0 Å². The molecule has 0 saturated carbocycles. The quantitative estimate of drug-likeness (QED) is 0.536. The van der Waals surface area contributed by atoms with Crippen LogP contribution in [0.2, 0.25) is 0 Å². The van der Waals surface area contributed by atoms with Crippen molar-refractivity contribution in [3.63, 3.8) is 0 Å². The van der Waals surface area contributed by atoms with Crippen LogP contribution in [0.5, 0.6) is 0 Å². The van der Waals surface area contributed by atoms with Gasteiger partial charge in [-0.05, 0) is 13.3 Å². The van der Waals surface area contributed by atoms with Crippen molar-refractivity contribution < 1.29 is 5.11 Å². The average Bonchev–Trinajstić information content (AvgIpc) is 1.68. The van der Waals surface area contributed by atoms with E-state index in [0.717, 1.165) is 5.57 Å². The third kappa shape index (κ3) is 3.38. The molecule has 0 fully saturated rings. The van der Waals surface area contributed by atoms with Gasteiger partial charge in [0.25, 0.3) is 0 Å². The van der Waals surface area contributed by atoms with Gasteiger partial charge in [0.2, 0.25) is 0 Å². The molecule has 0 aromatic rings. The number of aliphatic hydroxyl groups is 1. The Bertz CT molecular complexity index is 121. The van der Waals surface area contributed by atoms with E-state index in [9.17, 15) is 0 Å². The van der Waals surface area contributed by atoms with Crippen molar-refractivity contribution in [2.75, 3.05) is 6.61 Å². The van der Waals surface area contributed by atoms with Gasteiger partial charge in [0.15, 0.2) is 0 Å². The molecule has 44 valence electrons. The zero-order chi connectivity index (χ0) is 6.41. The standard InChI is InChI=1S/C6H9NO/c1-6(2-4-7)3-5-8/h2,8H,3,5H2,1H3. The van der Waals surface area contributed by atoms with Crippen LogP contribution in [0.3, 0.4) is 0 Å². The summed E-state index contributed by atoms with van der Waals surface area (Å²) in [4.78, 5) is 0. The summed E-state index contributed by atoms with van der Waals surface area (Å²) in [5.74, 6) is 0. The molecule has 0 aliphatic heterocycles. The molecule has 2 heteroatoms. The highest BCUT2D eigenvalue weighted by atomic mass is 16.2. The number of nitriles is 1. The fourth-order valence-corrected chi connectivity index (χ4v) is 0.359. The monoisotopic (exact) mass is 111 g/mol. The van der Waals surface area contributed by atoms with Gasteiger partial charge < -0.3 is 5.11 Å². The van der Waals surface area contributed by atoms with Crippen molar-refractivity contribution in [3.8, 4) is 6.07 Å². The summed E-state index contributed by atoms with van der Waals surface area (Å²) in [7, 11) is 0. The Morgan fingerprint density at radius 1 is 1.88 bits per heavy atom. The van der Waals surface area contributed by atoms with Crippen molar-refractivity contribution in [1.29, 1.82) is 5.26 Å². The van der Waals surface area contributed by atoms with E-state index >= 15 is 0 Å². The van der Waals surface area contributed by atoms with Crippen LogP contribution in [0.4, 0.5) is 0 Å². The van der Waals surface area contributed by atoms with Crippen LogP contribution in [-0.4, -0.2) is 11.7 Å². The molecule has 0 aromatic heterocycles. The summed E-state index contributed by atoms with van der Waals surface area (Å²) < 4.78 is 0. The summed E-state index contributed by atoms with van der Waals surface area (Å²) in [5.41, 5.74) is 0.926. The van der Waals surface area contributed by atoms with Gasteiger partial charge in [-0.3, -0.25) is 0 Å². The first-order chi connectivity index (χ1) is 3.81. The van der Waals surface area contributed by atoms with Crippen molar-refractivity contribution in [1.82, 2.24) is 0 Å². The maximum atomic E-state index is 8.31. The lowest BCUT2D eigenvalue weighted by Crippen LogP contribution is -1.81. The lowest BCUT2D eigenvalue weighted by Gasteiger charge is -1.89. The highest BCUT2D eigenvalue weighted by molar-refractivity contribution is 5.10. The van der Waals surface area contributed by atoms with Crippen LogP contribution < -0.4 is 0 Å². The predicted octanol–water partition coefficient (Wildman–Crippen LogP) is 0.839. The molecule has 2 nitrogen and oxygen atoms in total. The predicted molar refractivity (Wildman–Crippen MR) is 31.1 cm³/mol. The van der Waals surface area contributed by atoms with Crippen LogP contribution in [0.15, 0.2) is 11.6 Å². The SMILES string of the molecule is CC(=CC#N)CCO. The zero-order valence-electron chi connectivity index (χ0n) is 4.89. The van der Waals surface area contributed by atoms with Crippen LogP contribution in [-0.2, 0) is 0 Å². The number of nitrogens with zero attached hydrogens (tertiary/aromatic N) is 1. The number of hydrogen-bond donors (Lipinski definition) is 1. The van der Waals surface area contributed by atoms with Gasteiger partial charge in [0.05, 0.1) is 6.07 Å². The van der Waals surface area contributed by atoms with Crippen molar-refractivity contribution in [2.24, 2.45) is 0 Å². The van der Waals surface area contributed by atoms with E-state index < -0.39 is 0 Å².